The maximum absolute atomic E-state index is 10.7. The molecule has 98 valence electrons. The second-order valence-corrected chi connectivity index (χ2v) is 4.81. The van der Waals surface area contributed by atoms with E-state index in [1.807, 2.05) is 18.2 Å². The Bertz CT molecular complexity index is 435. The fourth-order valence-electron chi connectivity index (χ4n) is 1.67. The molecule has 3 N–H and O–H groups in total. The number of nitrogens with two attached hydrogens (primary N) is 1. The lowest BCUT2D eigenvalue weighted by molar-refractivity contribution is -0.117. The number of allylic oxidation sites excluding steroid dienone is 1. The zero-order chi connectivity index (χ0) is 13.5. The number of amides is 1. The highest BCUT2D eigenvalue weighted by molar-refractivity contribution is 6.42. The van der Waals surface area contributed by atoms with Crippen molar-refractivity contribution in [1.29, 1.82) is 0 Å². The van der Waals surface area contributed by atoms with Crippen LogP contribution in [0.3, 0.4) is 0 Å². The van der Waals surface area contributed by atoms with Crippen LogP contribution in [0.15, 0.2) is 30.9 Å². The molecule has 1 aromatic rings. The van der Waals surface area contributed by atoms with Crippen LogP contribution in [0, 0.1) is 0 Å². The van der Waals surface area contributed by atoms with Gasteiger partial charge in [-0.1, -0.05) is 35.3 Å². The molecular formula is C13H16Cl2N2O. The second kappa shape index (κ2) is 7.41. The quantitative estimate of drug-likeness (QED) is 0.758. The predicted octanol–water partition coefficient (Wildman–Crippen LogP) is 2.73. The van der Waals surface area contributed by atoms with Gasteiger partial charge in [-0.3, -0.25) is 4.79 Å². The normalized spacial score (nSPS) is 12.1. The van der Waals surface area contributed by atoms with E-state index in [1.165, 1.54) is 0 Å². The molecule has 0 radical (unpaired) electrons. The number of rotatable bonds is 7. The van der Waals surface area contributed by atoms with Gasteiger partial charge in [-0.05, 0) is 30.0 Å². The largest absolute Gasteiger partial charge is 0.369 e. The van der Waals surface area contributed by atoms with Crippen molar-refractivity contribution in [3.8, 4) is 0 Å². The lowest BCUT2D eigenvalue weighted by Gasteiger charge is -2.16. The van der Waals surface area contributed by atoms with Crippen LogP contribution in [-0.2, 0) is 4.79 Å². The minimum absolute atomic E-state index is 0.162. The van der Waals surface area contributed by atoms with Crippen molar-refractivity contribution in [3.63, 3.8) is 0 Å². The number of hydrogen-bond acceptors (Lipinski definition) is 2. The molecule has 1 rings (SSSR count). The van der Waals surface area contributed by atoms with Crippen LogP contribution in [0.25, 0.3) is 0 Å². The minimum atomic E-state index is -0.374. The molecular weight excluding hydrogens is 271 g/mol. The first-order chi connectivity index (χ1) is 8.54. The summed E-state index contributed by atoms with van der Waals surface area (Å²) in [6.07, 6.45) is 2.61. The molecule has 0 spiro atoms. The fourth-order valence-corrected chi connectivity index (χ4v) is 1.98. The highest BCUT2D eigenvalue weighted by atomic mass is 35.5. The Labute approximate surface area is 117 Å². The highest BCUT2D eigenvalue weighted by Gasteiger charge is 2.11. The molecule has 0 aliphatic rings. The molecule has 1 unspecified atom stereocenters. The topological polar surface area (TPSA) is 55.1 Å². The Balaban J connectivity index is 2.73. The number of carbonyl (C=O) groups excluding carboxylic acids is 1. The number of halogens is 2. The van der Waals surface area contributed by atoms with Gasteiger partial charge in [-0.25, -0.2) is 0 Å². The first-order valence-electron chi connectivity index (χ1n) is 5.59. The zero-order valence-electron chi connectivity index (χ0n) is 9.96. The average Bonchev–Trinajstić information content (AvgIpc) is 2.31. The molecule has 3 nitrogen and oxygen atoms in total. The van der Waals surface area contributed by atoms with E-state index < -0.39 is 0 Å². The lowest BCUT2D eigenvalue weighted by atomic mass is 9.95. The predicted molar refractivity (Wildman–Crippen MR) is 76.1 cm³/mol. The highest BCUT2D eigenvalue weighted by Crippen LogP contribution is 2.27. The number of carbonyl (C=O) groups is 1. The lowest BCUT2D eigenvalue weighted by Crippen LogP contribution is -2.31. The monoisotopic (exact) mass is 286 g/mol. The molecule has 0 aliphatic heterocycles. The molecule has 0 saturated carbocycles. The summed E-state index contributed by atoms with van der Waals surface area (Å²) in [6, 6.07) is 5.53. The van der Waals surface area contributed by atoms with Crippen molar-refractivity contribution in [2.75, 3.05) is 13.1 Å². The molecule has 1 atom stereocenters. The summed E-state index contributed by atoms with van der Waals surface area (Å²) in [5.74, 6) is -0.182. The average molecular weight is 287 g/mol. The molecule has 0 heterocycles. The summed E-state index contributed by atoms with van der Waals surface area (Å²) in [4.78, 5) is 10.7. The van der Waals surface area contributed by atoms with E-state index in [9.17, 15) is 4.79 Å². The van der Waals surface area contributed by atoms with Gasteiger partial charge in [-0.15, -0.1) is 6.58 Å². The van der Waals surface area contributed by atoms with Crippen LogP contribution < -0.4 is 11.1 Å². The van der Waals surface area contributed by atoms with Gasteiger partial charge in [-0.2, -0.15) is 0 Å². The summed E-state index contributed by atoms with van der Waals surface area (Å²) in [5.41, 5.74) is 6.13. The van der Waals surface area contributed by atoms with Gasteiger partial charge < -0.3 is 11.1 Å². The van der Waals surface area contributed by atoms with Gasteiger partial charge in [0, 0.05) is 6.54 Å². The van der Waals surface area contributed by atoms with E-state index in [1.54, 1.807) is 6.07 Å². The number of nitrogens with one attached hydrogen (secondary N) is 1. The van der Waals surface area contributed by atoms with E-state index in [-0.39, 0.29) is 18.4 Å². The number of hydrogen-bond donors (Lipinski definition) is 2. The van der Waals surface area contributed by atoms with E-state index in [4.69, 9.17) is 28.9 Å². The van der Waals surface area contributed by atoms with Gasteiger partial charge in [0.25, 0.3) is 0 Å². The Kier molecular flexibility index (Phi) is 6.19. The van der Waals surface area contributed by atoms with Crippen LogP contribution in [-0.4, -0.2) is 19.0 Å². The van der Waals surface area contributed by atoms with E-state index in [2.05, 4.69) is 11.9 Å². The molecule has 1 amide bonds. The third kappa shape index (κ3) is 4.69. The van der Waals surface area contributed by atoms with E-state index >= 15 is 0 Å². The van der Waals surface area contributed by atoms with Crippen LogP contribution in [0.2, 0.25) is 10.0 Å². The first kappa shape index (κ1) is 15.0. The minimum Gasteiger partial charge on any atom is -0.369 e. The van der Waals surface area contributed by atoms with Crippen molar-refractivity contribution in [2.45, 2.75) is 12.3 Å². The van der Waals surface area contributed by atoms with E-state index in [0.29, 0.717) is 16.6 Å². The van der Waals surface area contributed by atoms with Gasteiger partial charge in [0.05, 0.1) is 16.6 Å². The summed E-state index contributed by atoms with van der Waals surface area (Å²) >= 11 is 11.9. The zero-order valence-corrected chi connectivity index (χ0v) is 11.5. The third-order valence-electron chi connectivity index (χ3n) is 2.56. The number of benzene rings is 1. The molecule has 0 bridgehead atoms. The van der Waals surface area contributed by atoms with Crippen LogP contribution in [0.5, 0.6) is 0 Å². The fraction of sp³-hybridized carbons (Fsp3) is 0.308. The molecule has 1 aromatic carbocycles. The molecule has 5 heteroatoms. The number of primary amides is 1. The molecule has 0 fully saturated rings. The Hall–Kier alpha value is -1.03. The van der Waals surface area contributed by atoms with Crippen molar-refractivity contribution >= 4 is 29.1 Å². The molecule has 0 aliphatic carbocycles. The SMILES string of the molecule is C=CCC(CNCC(N)=O)c1ccc(Cl)c(Cl)c1. The Morgan fingerprint density at radius 1 is 1.44 bits per heavy atom. The molecule has 0 saturated heterocycles. The van der Waals surface area contributed by atoms with E-state index in [0.717, 1.165) is 12.0 Å². The van der Waals surface area contributed by atoms with Crippen molar-refractivity contribution in [3.05, 3.63) is 46.5 Å². The Morgan fingerprint density at radius 2 is 2.17 bits per heavy atom. The Morgan fingerprint density at radius 3 is 2.72 bits per heavy atom. The molecule has 0 aromatic heterocycles. The maximum Gasteiger partial charge on any atom is 0.231 e. The van der Waals surface area contributed by atoms with Crippen LogP contribution >= 0.6 is 23.2 Å². The summed E-state index contributed by atoms with van der Waals surface area (Å²) in [7, 11) is 0. The molecule has 18 heavy (non-hydrogen) atoms. The summed E-state index contributed by atoms with van der Waals surface area (Å²) in [5, 5.41) is 4.06. The van der Waals surface area contributed by atoms with Gasteiger partial charge >= 0.3 is 0 Å². The van der Waals surface area contributed by atoms with Crippen LogP contribution in [0.4, 0.5) is 0 Å². The maximum atomic E-state index is 10.7. The van der Waals surface area contributed by atoms with Crippen molar-refractivity contribution in [1.82, 2.24) is 5.32 Å². The van der Waals surface area contributed by atoms with Crippen molar-refractivity contribution < 1.29 is 4.79 Å². The second-order valence-electron chi connectivity index (χ2n) is 3.99. The van der Waals surface area contributed by atoms with Gasteiger partial charge in [0.2, 0.25) is 5.91 Å². The summed E-state index contributed by atoms with van der Waals surface area (Å²) in [6.45, 7) is 4.52. The third-order valence-corrected chi connectivity index (χ3v) is 3.30. The standard InChI is InChI=1S/C13H16Cl2N2O/c1-2-3-10(7-17-8-13(16)18)9-4-5-11(14)12(15)6-9/h2,4-6,10,17H,1,3,7-8H2,(H2,16,18). The summed E-state index contributed by atoms with van der Waals surface area (Å²) < 4.78 is 0. The van der Waals surface area contributed by atoms with Gasteiger partial charge in [0.1, 0.15) is 0 Å². The van der Waals surface area contributed by atoms with Crippen molar-refractivity contribution in [2.24, 2.45) is 5.73 Å². The van der Waals surface area contributed by atoms with Gasteiger partial charge in [0.15, 0.2) is 0 Å². The van der Waals surface area contributed by atoms with Crippen LogP contribution in [0.1, 0.15) is 17.9 Å². The first-order valence-corrected chi connectivity index (χ1v) is 6.35. The smallest absolute Gasteiger partial charge is 0.231 e.